The van der Waals surface area contributed by atoms with E-state index in [1.54, 1.807) is 12.1 Å². The van der Waals surface area contributed by atoms with Gasteiger partial charge in [0.25, 0.3) is 0 Å². The first kappa shape index (κ1) is 9.64. The van der Waals surface area contributed by atoms with Gasteiger partial charge in [0.1, 0.15) is 9.92 Å². The minimum Gasteiger partial charge on any atom is -0.312 e. The summed E-state index contributed by atoms with van der Waals surface area (Å²) in [5.41, 5.74) is 2.37. The van der Waals surface area contributed by atoms with Crippen molar-refractivity contribution in [3.8, 4) is 0 Å². The van der Waals surface area contributed by atoms with Gasteiger partial charge in [-0.25, -0.2) is 14.1 Å². The normalized spacial score (nSPS) is 19.8. The third kappa shape index (κ3) is 1.79. The Bertz CT molecular complexity index is 453. The average molecular weight is 211 g/mol. The molecule has 0 spiro atoms. The summed E-state index contributed by atoms with van der Waals surface area (Å²) in [6, 6.07) is 5.39. The Kier molecular flexibility index (Phi) is 2.30. The summed E-state index contributed by atoms with van der Waals surface area (Å²) in [6.45, 7) is 1.75. The van der Waals surface area contributed by atoms with E-state index in [1.165, 1.54) is 5.56 Å². The van der Waals surface area contributed by atoms with Gasteiger partial charge in [-0.05, 0) is 36.2 Å². The number of rotatable bonds is 1. The molecule has 2 rings (SSSR count). The van der Waals surface area contributed by atoms with Crippen LogP contribution in [-0.4, -0.2) is 10.8 Å². The maximum Gasteiger partial charge on any atom is 0.132 e. The lowest BCUT2D eigenvalue weighted by atomic mass is 10.0. The predicted molar refractivity (Wildman–Crippen MR) is 55.2 cm³/mol. The van der Waals surface area contributed by atoms with Gasteiger partial charge in [0.05, 0.1) is 4.90 Å². The molecule has 0 bridgehead atoms. The first-order chi connectivity index (χ1) is 6.57. The minimum atomic E-state index is -3.06. The zero-order valence-electron chi connectivity index (χ0n) is 7.75. The lowest BCUT2D eigenvalue weighted by Crippen LogP contribution is -2.24. The molecule has 0 saturated carbocycles. The third-order valence-electron chi connectivity index (χ3n) is 2.41. The quantitative estimate of drug-likeness (QED) is 0.636. The van der Waals surface area contributed by atoms with Crippen molar-refractivity contribution in [1.82, 2.24) is 5.32 Å². The molecule has 5 heteroatoms. The largest absolute Gasteiger partial charge is 0.312 e. The zero-order chi connectivity index (χ0) is 10.2. The first-order valence-electron chi connectivity index (χ1n) is 4.46. The summed E-state index contributed by atoms with van der Waals surface area (Å²) < 4.78 is 18.6. The SMILES string of the molecule is N=S(N)(=O)c1ccc2c(c1)CNCC2. The van der Waals surface area contributed by atoms with Crippen molar-refractivity contribution in [3.05, 3.63) is 29.3 Å². The maximum atomic E-state index is 11.3. The van der Waals surface area contributed by atoms with E-state index in [0.717, 1.165) is 25.1 Å². The average Bonchev–Trinajstić information content (AvgIpc) is 2.16. The Labute approximate surface area is 83.6 Å². The third-order valence-corrected chi connectivity index (χ3v) is 3.37. The molecule has 76 valence electrons. The number of hydrogen-bond donors (Lipinski definition) is 3. The molecule has 1 heterocycles. The second-order valence-electron chi connectivity index (χ2n) is 3.46. The minimum absolute atomic E-state index is 0.417. The van der Waals surface area contributed by atoms with Crippen LogP contribution in [0.2, 0.25) is 0 Å². The molecule has 4 N–H and O–H groups in total. The van der Waals surface area contributed by atoms with Crippen LogP contribution in [0.1, 0.15) is 11.1 Å². The van der Waals surface area contributed by atoms with Crippen molar-refractivity contribution in [2.75, 3.05) is 6.54 Å². The first-order valence-corrected chi connectivity index (χ1v) is 6.08. The van der Waals surface area contributed by atoms with Gasteiger partial charge in [0.2, 0.25) is 0 Å². The summed E-state index contributed by atoms with van der Waals surface area (Å²) in [5.74, 6) is 0. The van der Waals surface area contributed by atoms with Gasteiger partial charge in [0.15, 0.2) is 0 Å². The Morgan fingerprint density at radius 3 is 2.93 bits per heavy atom. The molecule has 0 aliphatic carbocycles. The maximum absolute atomic E-state index is 11.3. The number of benzene rings is 1. The van der Waals surface area contributed by atoms with Crippen LogP contribution in [0, 0.1) is 4.78 Å². The highest BCUT2D eigenvalue weighted by Gasteiger charge is 2.11. The molecule has 0 aromatic heterocycles. The lowest BCUT2D eigenvalue weighted by Gasteiger charge is -2.17. The Hall–Kier alpha value is -0.910. The molecular weight excluding hydrogens is 198 g/mol. The molecule has 1 aliphatic rings. The second kappa shape index (κ2) is 3.34. The van der Waals surface area contributed by atoms with Crippen LogP contribution in [-0.2, 0) is 22.9 Å². The summed E-state index contributed by atoms with van der Waals surface area (Å²) in [7, 11) is -3.06. The van der Waals surface area contributed by atoms with Crippen LogP contribution in [0.25, 0.3) is 0 Å². The number of hydrogen-bond acceptors (Lipinski definition) is 3. The van der Waals surface area contributed by atoms with Crippen molar-refractivity contribution in [1.29, 1.82) is 4.78 Å². The van der Waals surface area contributed by atoms with Crippen molar-refractivity contribution >= 4 is 9.92 Å². The van der Waals surface area contributed by atoms with Gasteiger partial charge in [-0.15, -0.1) is 0 Å². The molecule has 1 aromatic carbocycles. The van der Waals surface area contributed by atoms with E-state index >= 15 is 0 Å². The predicted octanol–water partition coefficient (Wildman–Crippen LogP) is 0.612. The van der Waals surface area contributed by atoms with Gasteiger partial charge in [-0.2, -0.15) is 0 Å². The van der Waals surface area contributed by atoms with Crippen LogP contribution >= 0.6 is 0 Å². The molecule has 1 aromatic rings. The summed E-state index contributed by atoms with van der Waals surface area (Å²) in [6.07, 6.45) is 0.985. The van der Waals surface area contributed by atoms with Gasteiger partial charge in [-0.1, -0.05) is 6.07 Å². The molecule has 4 nitrogen and oxygen atoms in total. The van der Waals surface area contributed by atoms with E-state index in [9.17, 15) is 4.21 Å². The highest BCUT2D eigenvalue weighted by Crippen LogP contribution is 2.18. The summed E-state index contributed by atoms with van der Waals surface area (Å²) >= 11 is 0. The van der Waals surface area contributed by atoms with Crippen molar-refractivity contribution in [2.45, 2.75) is 17.9 Å². The number of nitrogens with two attached hydrogens (primary N) is 1. The highest BCUT2D eigenvalue weighted by atomic mass is 32.2. The van der Waals surface area contributed by atoms with Gasteiger partial charge >= 0.3 is 0 Å². The van der Waals surface area contributed by atoms with Gasteiger partial charge in [-0.3, -0.25) is 0 Å². The van der Waals surface area contributed by atoms with Crippen LogP contribution in [0.5, 0.6) is 0 Å². The smallest absolute Gasteiger partial charge is 0.132 e. The fourth-order valence-electron chi connectivity index (χ4n) is 1.65. The molecule has 0 fully saturated rings. The standard InChI is InChI=1S/C9H13N3OS/c10-14(11,13)9-2-1-7-3-4-12-6-8(7)5-9/h1-2,5,12H,3-4,6H2,(H3,10,11,13). The second-order valence-corrected chi connectivity index (χ2v) is 5.13. The van der Waals surface area contributed by atoms with E-state index in [4.69, 9.17) is 9.92 Å². The zero-order valence-corrected chi connectivity index (χ0v) is 8.56. The van der Waals surface area contributed by atoms with Gasteiger partial charge < -0.3 is 5.32 Å². The molecular formula is C9H13N3OS. The van der Waals surface area contributed by atoms with Crippen LogP contribution < -0.4 is 10.5 Å². The summed E-state index contributed by atoms with van der Waals surface area (Å²) in [4.78, 5) is 0.417. The van der Waals surface area contributed by atoms with E-state index < -0.39 is 9.92 Å². The molecule has 1 unspecified atom stereocenters. The van der Waals surface area contributed by atoms with Crippen molar-refractivity contribution < 1.29 is 4.21 Å². The fraction of sp³-hybridized carbons (Fsp3) is 0.333. The molecule has 14 heavy (non-hydrogen) atoms. The van der Waals surface area contributed by atoms with Crippen LogP contribution in [0.15, 0.2) is 23.1 Å². The fourth-order valence-corrected chi connectivity index (χ4v) is 2.23. The Balaban J connectivity index is 2.49. The highest BCUT2D eigenvalue weighted by molar-refractivity contribution is 7.90. The number of fused-ring (bicyclic) bond motifs is 1. The molecule has 1 aliphatic heterocycles. The Morgan fingerprint density at radius 1 is 1.43 bits per heavy atom. The number of nitrogens with one attached hydrogen (secondary N) is 2. The Morgan fingerprint density at radius 2 is 2.21 bits per heavy atom. The van der Waals surface area contributed by atoms with E-state index in [2.05, 4.69) is 5.32 Å². The molecule has 0 radical (unpaired) electrons. The van der Waals surface area contributed by atoms with Gasteiger partial charge in [0, 0.05) is 6.54 Å². The van der Waals surface area contributed by atoms with Crippen molar-refractivity contribution in [3.63, 3.8) is 0 Å². The van der Waals surface area contributed by atoms with E-state index in [-0.39, 0.29) is 0 Å². The monoisotopic (exact) mass is 211 g/mol. The topological polar surface area (TPSA) is 79.0 Å². The van der Waals surface area contributed by atoms with Crippen LogP contribution in [0.4, 0.5) is 0 Å². The lowest BCUT2D eigenvalue weighted by molar-refractivity contribution is 0.641. The van der Waals surface area contributed by atoms with Crippen LogP contribution in [0.3, 0.4) is 0 Å². The molecule has 0 saturated heterocycles. The van der Waals surface area contributed by atoms with Crippen molar-refractivity contribution in [2.24, 2.45) is 5.14 Å². The molecule has 1 atom stereocenters. The summed E-state index contributed by atoms with van der Waals surface area (Å²) in [5, 5.41) is 8.49. The van der Waals surface area contributed by atoms with E-state index in [1.807, 2.05) is 6.07 Å². The molecule has 0 amide bonds. The van der Waals surface area contributed by atoms with E-state index in [0.29, 0.717) is 4.90 Å².